The largest absolute Gasteiger partial charge is 0.300 e. The molecule has 10 heavy (non-hydrogen) atoms. The summed E-state index contributed by atoms with van der Waals surface area (Å²) >= 11 is 5.74. The lowest BCUT2D eigenvalue weighted by Gasteiger charge is -1.89. The summed E-state index contributed by atoms with van der Waals surface area (Å²) in [5, 5.41) is 0. The van der Waals surface area contributed by atoms with Crippen LogP contribution in [0.25, 0.3) is 0 Å². The van der Waals surface area contributed by atoms with Crippen LogP contribution >= 0.6 is 11.5 Å². The van der Waals surface area contributed by atoms with Crippen molar-refractivity contribution in [2.75, 3.05) is 0 Å². The van der Waals surface area contributed by atoms with E-state index in [1.807, 2.05) is 5.98 Å². The second-order valence-corrected chi connectivity index (χ2v) is 2.75. The van der Waals surface area contributed by atoms with Crippen LogP contribution in [0.1, 0.15) is 26.2 Å². The van der Waals surface area contributed by atoms with Crippen LogP contribution in [0.3, 0.4) is 0 Å². The molecule has 0 fully saturated rings. The highest BCUT2D eigenvalue weighted by Crippen LogP contribution is 1.98. The van der Waals surface area contributed by atoms with E-state index < -0.39 is 0 Å². The predicted molar refractivity (Wildman–Crippen MR) is 50.5 cm³/mol. The van der Waals surface area contributed by atoms with Crippen LogP contribution in [0.2, 0.25) is 0 Å². The summed E-state index contributed by atoms with van der Waals surface area (Å²) in [6.45, 7) is 5.76. The van der Waals surface area contributed by atoms with Gasteiger partial charge in [-0.3, -0.25) is 0 Å². The molecule has 0 aliphatic heterocycles. The van der Waals surface area contributed by atoms with E-state index in [-0.39, 0.29) is 6.13 Å². The molecule has 0 aromatic heterocycles. The minimum Gasteiger partial charge on any atom is -0.183 e. The first-order valence-electron chi connectivity index (χ1n) is 3.74. The summed E-state index contributed by atoms with van der Waals surface area (Å²) in [4.78, 5) is 0. The van der Waals surface area contributed by atoms with E-state index in [1.165, 1.54) is 12.8 Å². The van der Waals surface area contributed by atoms with Gasteiger partial charge in [0.05, 0.1) is 0 Å². The molecule has 2 heteroatoms. The van der Waals surface area contributed by atoms with Gasteiger partial charge in [0.15, 0.2) is 0 Å². The molecule has 0 unspecified atom stereocenters. The van der Waals surface area contributed by atoms with Gasteiger partial charge < -0.3 is 0 Å². The zero-order valence-electron chi connectivity index (χ0n) is 6.52. The molecule has 0 nitrogen and oxygen atoms in total. The minimum atomic E-state index is 0.0110. The van der Waals surface area contributed by atoms with Crippen molar-refractivity contribution in [3.8, 4) is 0 Å². The van der Waals surface area contributed by atoms with Gasteiger partial charge in [0.2, 0.25) is 0 Å². The number of hydrogen-bond donors (Lipinski definition) is 0. The van der Waals surface area contributed by atoms with Crippen molar-refractivity contribution in [3.05, 3.63) is 24.6 Å². The molecular weight excluding hydrogens is 142 g/mol. The summed E-state index contributed by atoms with van der Waals surface area (Å²) < 4.78 is 0. The standard InChI is InChI=1S/C8H14BCl/c1-3-5-6-7-8-9(10)4-2/h4,7-8H,2-3,5-6H2,1H3/b8-7+. The maximum absolute atomic E-state index is 5.74. The molecular formula is C8H14BCl. The number of hydrogen-bond acceptors (Lipinski definition) is 0. The van der Waals surface area contributed by atoms with Crippen LogP contribution in [0.5, 0.6) is 0 Å². The second kappa shape index (κ2) is 6.95. The Labute approximate surface area is 69.0 Å². The predicted octanol–water partition coefficient (Wildman–Crippen LogP) is 3.23. The van der Waals surface area contributed by atoms with Crippen molar-refractivity contribution in [1.29, 1.82) is 0 Å². The Morgan fingerprint density at radius 1 is 1.60 bits per heavy atom. The van der Waals surface area contributed by atoms with Gasteiger partial charge in [-0.25, -0.2) is 0 Å². The van der Waals surface area contributed by atoms with Crippen LogP contribution in [-0.2, 0) is 0 Å². The monoisotopic (exact) mass is 156 g/mol. The Morgan fingerprint density at radius 3 is 2.80 bits per heavy atom. The maximum Gasteiger partial charge on any atom is 0.300 e. The van der Waals surface area contributed by atoms with Crippen molar-refractivity contribution in [2.24, 2.45) is 0 Å². The van der Waals surface area contributed by atoms with Gasteiger partial charge in [-0.2, -0.15) is 11.5 Å². The maximum atomic E-state index is 5.74. The van der Waals surface area contributed by atoms with E-state index >= 15 is 0 Å². The number of rotatable bonds is 5. The van der Waals surface area contributed by atoms with Crippen LogP contribution < -0.4 is 0 Å². The van der Waals surface area contributed by atoms with E-state index in [0.29, 0.717) is 0 Å². The molecule has 0 spiro atoms. The van der Waals surface area contributed by atoms with Crippen LogP contribution in [0.4, 0.5) is 0 Å². The van der Waals surface area contributed by atoms with Gasteiger partial charge >= 0.3 is 0 Å². The van der Waals surface area contributed by atoms with Crippen molar-refractivity contribution >= 4 is 17.6 Å². The van der Waals surface area contributed by atoms with Crippen molar-refractivity contribution in [3.63, 3.8) is 0 Å². The van der Waals surface area contributed by atoms with E-state index in [2.05, 4.69) is 19.6 Å². The molecule has 0 N–H and O–H groups in total. The summed E-state index contributed by atoms with van der Waals surface area (Å²) in [5.41, 5.74) is 0. The molecule has 0 rings (SSSR count). The SMILES string of the molecule is C=CB(Cl)/C=C/CCCC. The lowest BCUT2D eigenvalue weighted by Crippen LogP contribution is -1.91. The van der Waals surface area contributed by atoms with Gasteiger partial charge in [0, 0.05) is 0 Å². The normalized spacial score (nSPS) is 10.2. The number of halogens is 1. The molecule has 0 aliphatic carbocycles. The van der Waals surface area contributed by atoms with Gasteiger partial charge in [-0.1, -0.05) is 31.8 Å². The van der Waals surface area contributed by atoms with Crippen molar-refractivity contribution in [2.45, 2.75) is 26.2 Å². The molecule has 0 radical (unpaired) electrons. The third kappa shape index (κ3) is 5.96. The summed E-state index contributed by atoms with van der Waals surface area (Å²) in [5.74, 6) is 3.70. The zero-order chi connectivity index (χ0) is 7.82. The molecule has 0 saturated carbocycles. The highest BCUT2D eigenvalue weighted by Gasteiger charge is 1.94. The molecule has 0 aromatic carbocycles. The summed E-state index contributed by atoms with van der Waals surface area (Å²) in [6, 6.07) is 0. The first-order chi connectivity index (χ1) is 4.81. The smallest absolute Gasteiger partial charge is 0.183 e. The molecule has 0 amide bonds. The van der Waals surface area contributed by atoms with Gasteiger partial charge in [0.25, 0.3) is 6.13 Å². The van der Waals surface area contributed by atoms with Crippen LogP contribution in [0, 0.1) is 0 Å². The Bertz CT molecular complexity index is 110. The minimum absolute atomic E-state index is 0.0110. The summed E-state index contributed by atoms with van der Waals surface area (Å²) in [6.07, 6.45) is 5.75. The Kier molecular flexibility index (Phi) is 6.83. The van der Waals surface area contributed by atoms with Gasteiger partial charge in [0.1, 0.15) is 0 Å². The van der Waals surface area contributed by atoms with E-state index in [0.717, 1.165) is 6.42 Å². The fraction of sp³-hybridized carbons (Fsp3) is 0.500. The van der Waals surface area contributed by atoms with Gasteiger partial charge in [-0.15, -0.1) is 12.6 Å². The third-order valence-corrected chi connectivity index (χ3v) is 1.59. The Hall–Kier alpha value is -0.165. The highest BCUT2D eigenvalue weighted by molar-refractivity contribution is 7.12. The van der Waals surface area contributed by atoms with E-state index in [1.54, 1.807) is 5.98 Å². The summed E-state index contributed by atoms with van der Waals surface area (Å²) in [7, 11) is 0. The first-order valence-corrected chi connectivity index (χ1v) is 4.18. The lowest BCUT2D eigenvalue weighted by molar-refractivity contribution is 0.815. The molecule has 0 bridgehead atoms. The zero-order valence-corrected chi connectivity index (χ0v) is 7.27. The van der Waals surface area contributed by atoms with Crippen LogP contribution in [-0.4, -0.2) is 6.13 Å². The second-order valence-electron chi connectivity index (χ2n) is 2.25. The fourth-order valence-electron chi connectivity index (χ4n) is 0.627. The van der Waals surface area contributed by atoms with Crippen molar-refractivity contribution in [1.82, 2.24) is 0 Å². The molecule has 0 aliphatic rings. The molecule has 56 valence electrons. The van der Waals surface area contributed by atoms with Gasteiger partial charge in [-0.05, 0) is 6.42 Å². The molecule has 0 aromatic rings. The molecule has 0 saturated heterocycles. The average Bonchev–Trinajstić information content (AvgIpc) is 1.98. The number of allylic oxidation sites excluding steroid dienone is 1. The average molecular weight is 156 g/mol. The lowest BCUT2D eigenvalue weighted by atomic mass is 9.76. The topological polar surface area (TPSA) is 0 Å². The molecule has 0 heterocycles. The van der Waals surface area contributed by atoms with Crippen LogP contribution in [0.15, 0.2) is 24.6 Å². The number of unbranched alkanes of at least 4 members (excludes halogenated alkanes) is 2. The van der Waals surface area contributed by atoms with E-state index in [9.17, 15) is 0 Å². The van der Waals surface area contributed by atoms with E-state index in [4.69, 9.17) is 11.5 Å². The fourth-order valence-corrected chi connectivity index (χ4v) is 0.730. The Balaban J connectivity index is 3.26. The Morgan fingerprint density at radius 2 is 2.30 bits per heavy atom. The van der Waals surface area contributed by atoms with Crippen molar-refractivity contribution < 1.29 is 0 Å². The first kappa shape index (κ1) is 9.83. The molecule has 0 atom stereocenters. The third-order valence-electron chi connectivity index (χ3n) is 1.27. The quantitative estimate of drug-likeness (QED) is 0.423. The highest BCUT2D eigenvalue weighted by atomic mass is 35.5.